The fourth-order valence-electron chi connectivity index (χ4n) is 1.57. The van der Waals surface area contributed by atoms with Crippen LogP contribution in [-0.2, 0) is 16.1 Å². The molecule has 0 saturated carbocycles. The Bertz CT molecular complexity index is 609. The summed E-state index contributed by atoms with van der Waals surface area (Å²) in [6.07, 6.45) is 0. The van der Waals surface area contributed by atoms with Crippen LogP contribution in [-0.4, -0.2) is 30.3 Å². The molecule has 0 radical (unpaired) electrons. The number of hydrogen-bond acceptors (Lipinski definition) is 7. The van der Waals surface area contributed by atoms with Crippen molar-refractivity contribution < 1.29 is 23.5 Å². The van der Waals surface area contributed by atoms with E-state index in [2.05, 4.69) is 10.1 Å². The molecule has 0 spiro atoms. The lowest BCUT2D eigenvalue weighted by atomic mass is 10.2. The Morgan fingerprint density at radius 2 is 2.10 bits per heavy atom. The van der Waals surface area contributed by atoms with E-state index in [1.807, 2.05) is 0 Å². The molecular formula is C13H14N2O5. The van der Waals surface area contributed by atoms with Crippen LogP contribution in [0.5, 0.6) is 11.5 Å². The highest BCUT2D eigenvalue weighted by molar-refractivity contribution is 5.66. The minimum atomic E-state index is -0.410. The Morgan fingerprint density at radius 1 is 1.30 bits per heavy atom. The van der Waals surface area contributed by atoms with Crippen molar-refractivity contribution in [1.29, 1.82) is 0 Å². The van der Waals surface area contributed by atoms with E-state index >= 15 is 0 Å². The van der Waals surface area contributed by atoms with Gasteiger partial charge in [0.15, 0.2) is 6.61 Å². The van der Waals surface area contributed by atoms with Crippen LogP contribution in [0, 0.1) is 0 Å². The summed E-state index contributed by atoms with van der Waals surface area (Å²) >= 11 is 0. The summed E-state index contributed by atoms with van der Waals surface area (Å²) in [5, 5.41) is 3.83. The first-order valence-electron chi connectivity index (χ1n) is 5.82. The number of rotatable bonds is 5. The molecule has 0 unspecified atom stereocenters. The van der Waals surface area contributed by atoms with Gasteiger partial charge < -0.3 is 18.7 Å². The molecule has 20 heavy (non-hydrogen) atoms. The second-order valence-corrected chi connectivity index (χ2v) is 3.86. The van der Waals surface area contributed by atoms with Gasteiger partial charge in [0.2, 0.25) is 5.82 Å². The van der Waals surface area contributed by atoms with Gasteiger partial charge in [0.25, 0.3) is 5.89 Å². The third-order valence-electron chi connectivity index (χ3n) is 2.52. The third-order valence-corrected chi connectivity index (χ3v) is 2.52. The highest BCUT2D eigenvalue weighted by atomic mass is 16.6. The van der Waals surface area contributed by atoms with E-state index in [1.165, 1.54) is 14.0 Å². The highest BCUT2D eigenvalue weighted by Crippen LogP contribution is 2.31. The van der Waals surface area contributed by atoms with Gasteiger partial charge in [-0.05, 0) is 12.1 Å². The van der Waals surface area contributed by atoms with E-state index in [-0.39, 0.29) is 12.5 Å². The molecule has 0 aliphatic carbocycles. The predicted molar refractivity (Wildman–Crippen MR) is 68.3 cm³/mol. The van der Waals surface area contributed by atoms with Crippen molar-refractivity contribution in [1.82, 2.24) is 10.1 Å². The largest absolute Gasteiger partial charge is 0.497 e. The highest BCUT2D eigenvalue weighted by Gasteiger charge is 2.14. The number of aromatic nitrogens is 2. The fraction of sp³-hybridized carbons (Fsp3) is 0.308. The molecule has 0 bridgehead atoms. The summed E-state index contributed by atoms with van der Waals surface area (Å²) in [6.45, 7) is 1.25. The monoisotopic (exact) mass is 278 g/mol. The second kappa shape index (κ2) is 6.05. The zero-order chi connectivity index (χ0) is 14.5. The fourth-order valence-corrected chi connectivity index (χ4v) is 1.57. The maximum Gasteiger partial charge on any atom is 0.303 e. The van der Waals surface area contributed by atoms with Gasteiger partial charge in [-0.1, -0.05) is 5.16 Å². The van der Waals surface area contributed by atoms with Crippen LogP contribution in [0.2, 0.25) is 0 Å². The minimum absolute atomic E-state index is 0.0548. The first-order valence-corrected chi connectivity index (χ1v) is 5.82. The molecule has 2 aromatic rings. The molecule has 106 valence electrons. The number of carbonyl (C=O) groups excluding carboxylic acids is 1. The summed E-state index contributed by atoms with van der Waals surface area (Å²) in [4.78, 5) is 14.9. The van der Waals surface area contributed by atoms with E-state index in [0.717, 1.165) is 0 Å². The summed E-state index contributed by atoms with van der Waals surface area (Å²) in [5.41, 5.74) is 0.658. The van der Waals surface area contributed by atoms with Gasteiger partial charge in [-0.2, -0.15) is 4.98 Å². The topological polar surface area (TPSA) is 83.7 Å². The van der Waals surface area contributed by atoms with Crippen molar-refractivity contribution in [3.63, 3.8) is 0 Å². The van der Waals surface area contributed by atoms with E-state index in [4.69, 9.17) is 18.7 Å². The molecular weight excluding hydrogens is 264 g/mol. The third kappa shape index (κ3) is 3.05. The molecule has 0 saturated heterocycles. The number of carbonyl (C=O) groups is 1. The van der Waals surface area contributed by atoms with E-state index in [9.17, 15) is 4.79 Å². The van der Waals surface area contributed by atoms with Crippen LogP contribution < -0.4 is 9.47 Å². The van der Waals surface area contributed by atoms with Crippen molar-refractivity contribution in [2.75, 3.05) is 14.2 Å². The number of nitrogens with zero attached hydrogens (tertiary/aromatic N) is 2. The molecule has 0 atom stereocenters. The van der Waals surface area contributed by atoms with Gasteiger partial charge in [0, 0.05) is 13.0 Å². The van der Waals surface area contributed by atoms with Crippen LogP contribution in [0.25, 0.3) is 11.4 Å². The Kier molecular flexibility index (Phi) is 4.19. The number of benzene rings is 1. The van der Waals surface area contributed by atoms with Crippen molar-refractivity contribution in [3.8, 4) is 22.9 Å². The molecule has 2 rings (SSSR count). The lowest BCUT2D eigenvalue weighted by Crippen LogP contribution is -1.98. The summed E-state index contributed by atoms with van der Waals surface area (Å²) in [7, 11) is 3.11. The van der Waals surface area contributed by atoms with Gasteiger partial charge in [-0.3, -0.25) is 4.79 Å². The number of methoxy groups -OCH3 is 2. The second-order valence-electron chi connectivity index (χ2n) is 3.86. The molecule has 7 nitrogen and oxygen atoms in total. The maximum atomic E-state index is 10.7. The SMILES string of the molecule is COc1ccc(-c2noc(COC(C)=O)n2)c(OC)c1. The number of ether oxygens (including phenoxy) is 3. The van der Waals surface area contributed by atoms with E-state index in [1.54, 1.807) is 25.3 Å². The Hall–Kier alpha value is -2.57. The average Bonchev–Trinajstić information content (AvgIpc) is 2.93. The first kappa shape index (κ1) is 13.9. The van der Waals surface area contributed by atoms with Crippen LogP contribution >= 0.6 is 0 Å². The number of hydrogen-bond donors (Lipinski definition) is 0. The standard InChI is InChI=1S/C13H14N2O5/c1-8(16)19-7-12-14-13(15-20-12)10-5-4-9(17-2)6-11(10)18-3/h4-6H,7H2,1-3H3. The molecule has 0 fully saturated rings. The smallest absolute Gasteiger partial charge is 0.303 e. The molecule has 0 aliphatic rings. The molecule has 0 N–H and O–H groups in total. The van der Waals surface area contributed by atoms with Crippen LogP contribution in [0.1, 0.15) is 12.8 Å². The van der Waals surface area contributed by atoms with E-state index < -0.39 is 5.97 Å². The molecule has 0 aliphatic heterocycles. The minimum Gasteiger partial charge on any atom is -0.497 e. The van der Waals surface area contributed by atoms with Crippen LogP contribution in [0.15, 0.2) is 22.7 Å². The Labute approximate surface area is 115 Å². The first-order chi connectivity index (χ1) is 9.63. The summed E-state index contributed by atoms with van der Waals surface area (Å²) < 4.78 is 20.2. The summed E-state index contributed by atoms with van der Waals surface area (Å²) in [5.74, 6) is 1.38. The lowest BCUT2D eigenvalue weighted by molar-refractivity contribution is -0.143. The van der Waals surface area contributed by atoms with E-state index in [0.29, 0.717) is 22.9 Å². The van der Waals surface area contributed by atoms with Crippen LogP contribution in [0.3, 0.4) is 0 Å². The Balaban J connectivity index is 2.25. The quantitative estimate of drug-likeness (QED) is 0.771. The van der Waals surface area contributed by atoms with Gasteiger partial charge >= 0.3 is 5.97 Å². The van der Waals surface area contributed by atoms with Gasteiger partial charge in [-0.15, -0.1) is 0 Å². The molecule has 1 heterocycles. The lowest BCUT2D eigenvalue weighted by Gasteiger charge is -2.07. The van der Waals surface area contributed by atoms with Gasteiger partial charge in [0.1, 0.15) is 11.5 Å². The van der Waals surface area contributed by atoms with Crippen LogP contribution in [0.4, 0.5) is 0 Å². The molecule has 0 amide bonds. The van der Waals surface area contributed by atoms with Crippen molar-refractivity contribution in [3.05, 3.63) is 24.1 Å². The van der Waals surface area contributed by atoms with Gasteiger partial charge in [0.05, 0.1) is 19.8 Å². The normalized spacial score (nSPS) is 10.2. The zero-order valence-electron chi connectivity index (χ0n) is 11.4. The van der Waals surface area contributed by atoms with Crippen molar-refractivity contribution in [2.45, 2.75) is 13.5 Å². The predicted octanol–water partition coefficient (Wildman–Crippen LogP) is 1.82. The summed E-state index contributed by atoms with van der Waals surface area (Å²) in [6, 6.07) is 5.25. The van der Waals surface area contributed by atoms with Gasteiger partial charge in [-0.25, -0.2) is 0 Å². The number of esters is 1. The molecule has 1 aromatic carbocycles. The Morgan fingerprint density at radius 3 is 2.75 bits per heavy atom. The zero-order valence-corrected chi connectivity index (χ0v) is 11.4. The maximum absolute atomic E-state index is 10.7. The average molecular weight is 278 g/mol. The molecule has 7 heteroatoms. The molecule has 1 aromatic heterocycles. The van der Waals surface area contributed by atoms with Crippen molar-refractivity contribution in [2.24, 2.45) is 0 Å². The van der Waals surface area contributed by atoms with Crippen molar-refractivity contribution >= 4 is 5.97 Å².